The van der Waals surface area contributed by atoms with Crippen LogP contribution in [0.3, 0.4) is 0 Å². The molecule has 0 aliphatic carbocycles. The molecule has 4 rings (SSSR count). The molecule has 160 valence electrons. The molecule has 1 aromatic heterocycles. The summed E-state index contributed by atoms with van der Waals surface area (Å²) < 4.78 is 13.3. The number of thiazole rings is 1. The number of amides is 4. The van der Waals surface area contributed by atoms with E-state index in [4.69, 9.17) is 0 Å². The smallest absolute Gasteiger partial charge is 0.321 e. The molecule has 1 fully saturated rings. The summed E-state index contributed by atoms with van der Waals surface area (Å²) in [5, 5.41) is 8.88. The number of hydrogen-bond acceptors (Lipinski definition) is 4. The van der Waals surface area contributed by atoms with Gasteiger partial charge in [-0.15, -0.1) is 11.3 Å². The molecule has 1 aliphatic heterocycles. The molecule has 1 unspecified atom stereocenters. The van der Waals surface area contributed by atoms with Gasteiger partial charge in [0.1, 0.15) is 5.82 Å². The zero-order chi connectivity index (χ0) is 21.8. The van der Waals surface area contributed by atoms with Gasteiger partial charge in [-0.05, 0) is 42.3 Å². The van der Waals surface area contributed by atoms with E-state index in [0.717, 1.165) is 21.7 Å². The number of halogens is 1. The molecule has 4 amide bonds. The fourth-order valence-electron chi connectivity index (χ4n) is 3.37. The summed E-state index contributed by atoms with van der Waals surface area (Å²) in [7, 11) is 0. The molecule has 0 saturated carbocycles. The number of nitrogens with zero attached hydrogens (tertiary/aromatic N) is 2. The SMILES string of the molecule is CC(NC(=O)Nc1ncc(Cc2cccc(F)c2)s1)c1ccc(N2CCNC2=O)cc1. The molecule has 7 nitrogen and oxygen atoms in total. The highest BCUT2D eigenvalue weighted by molar-refractivity contribution is 7.15. The standard InChI is InChI=1S/C22H22FN5O2S/c1-14(16-5-7-18(8-6-16)28-10-9-24-22(28)30)26-20(29)27-21-25-13-19(31-21)12-15-3-2-4-17(23)11-15/h2-8,11,13-14H,9-10,12H2,1H3,(H,24,30)(H2,25,26,27,29). The van der Waals surface area contributed by atoms with E-state index in [1.807, 2.05) is 37.3 Å². The number of aromatic nitrogens is 1. The summed E-state index contributed by atoms with van der Waals surface area (Å²) in [6.45, 7) is 3.16. The lowest BCUT2D eigenvalue weighted by molar-refractivity contribution is 0.249. The fourth-order valence-corrected chi connectivity index (χ4v) is 4.21. The van der Waals surface area contributed by atoms with Crippen LogP contribution in [0.4, 0.5) is 24.8 Å². The summed E-state index contributed by atoms with van der Waals surface area (Å²) in [5.41, 5.74) is 2.59. The van der Waals surface area contributed by atoms with Gasteiger partial charge in [-0.2, -0.15) is 0 Å². The maximum atomic E-state index is 13.3. The minimum absolute atomic E-state index is 0.0986. The first-order chi connectivity index (χ1) is 15.0. The number of hydrogen-bond donors (Lipinski definition) is 3. The Hall–Kier alpha value is -3.46. The highest BCUT2D eigenvalue weighted by Crippen LogP contribution is 2.23. The van der Waals surface area contributed by atoms with Crippen LogP contribution in [0.1, 0.15) is 29.0 Å². The Labute approximate surface area is 183 Å². The molecule has 2 aromatic carbocycles. The van der Waals surface area contributed by atoms with E-state index in [1.165, 1.54) is 23.5 Å². The molecule has 1 atom stereocenters. The third-order valence-corrected chi connectivity index (χ3v) is 5.86. The molecule has 1 aliphatic rings. The van der Waals surface area contributed by atoms with Crippen molar-refractivity contribution < 1.29 is 14.0 Å². The highest BCUT2D eigenvalue weighted by Gasteiger charge is 2.21. The quantitative estimate of drug-likeness (QED) is 0.536. The largest absolute Gasteiger partial charge is 0.336 e. The van der Waals surface area contributed by atoms with Gasteiger partial charge in [-0.25, -0.2) is 19.0 Å². The first-order valence-corrected chi connectivity index (χ1v) is 10.7. The van der Waals surface area contributed by atoms with Crippen molar-refractivity contribution in [3.8, 4) is 0 Å². The van der Waals surface area contributed by atoms with E-state index in [9.17, 15) is 14.0 Å². The Kier molecular flexibility index (Phi) is 6.13. The van der Waals surface area contributed by atoms with Gasteiger partial charge in [0.2, 0.25) is 0 Å². The number of carbonyl (C=O) groups excluding carboxylic acids is 2. The predicted molar refractivity (Wildman–Crippen MR) is 119 cm³/mol. The Morgan fingerprint density at radius 3 is 2.81 bits per heavy atom. The van der Waals surface area contributed by atoms with Crippen LogP contribution in [-0.4, -0.2) is 30.1 Å². The van der Waals surface area contributed by atoms with Crippen molar-refractivity contribution >= 4 is 34.2 Å². The number of urea groups is 2. The van der Waals surface area contributed by atoms with Gasteiger partial charge < -0.3 is 10.6 Å². The van der Waals surface area contributed by atoms with E-state index in [0.29, 0.717) is 24.6 Å². The number of nitrogens with one attached hydrogen (secondary N) is 3. The molecular formula is C22H22FN5O2S. The van der Waals surface area contributed by atoms with Crippen molar-refractivity contribution in [3.05, 3.63) is 76.5 Å². The van der Waals surface area contributed by atoms with Crippen molar-refractivity contribution in [1.82, 2.24) is 15.6 Å². The summed E-state index contributed by atoms with van der Waals surface area (Å²) in [4.78, 5) is 31.0. The third-order valence-electron chi connectivity index (χ3n) is 4.95. The van der Waals surface area contributed by atoms with Crippen molar-refractivity contribution in [2.75, 3.05) is 23.3 Å². The van der Waals surface area contributed by atoms with Crippen molar-refractivity contribution in [2.24, 2.45) is 0 Å². The number of benzene rings is 2. The third kappa shape index (κ3) is 5.18. The lowest BCUT2D eigenvalue weighted by Crippen LogP contribution is -2.31. The molecule has 0 spiro atoms. The average molecular weight is 440 g/mol. The van der Waals surface area contributed by atoms with Crippen molar-refractivity contribution in [1.29, 1.82) is 0 Å². The lowest BCUT2D eigenvalue weighted by Gasteiger charge is -2.17. The first kappa shape index (κ1) is 20.8. The van der Waals surface area contributed by atoms with Gasteiger partial charge in [0, 0.05) is 36.3 Å². The lowest BCUT2D eigenvalue weighted by atomic mass is 10.1. The van der Waals surface area contributed by atoms with Gasteiger partial charge in [-0.3, -0.25) is 10.2 Å². The number of anilines is 2. The van der Waals surface area contributed by atoms with Gasteiger partial charge in [0.25, 0.3) is 0 Å². The molecule has 0 bridgehead atoms. The Morgan fingerprint density at radius 1 is 1.29 bits per heavy atom. The van der Waals surface area contributed by atoms with Crippen LogP contribution in [0.5, 0.6) is 0 Å². The normalized spacial score (nSPS) is 14.3. The summed E-state index contributed by atoms with van der Waals surface area (Å²) in [6, 6.07) is 13.3. The Balaban J connectivity index is 1.31. The van der Waals surface area contributed by atoms with Crippen LogP contribution in [0.2, 0.25) is 0 Å². The van der Waals surface area contributed by atoms with Gasteiger partial charge in [0.05, 0.1) is 6.04 Å². The maximum Gasteiger partial charge on any atom is 0.321 e. The van der Waals surface area contributed by atoms with E-state index in [2.05, 4.69) is 20.9 Å². The number of carbonyl (C=O) groups is 2. The molecule has 31 heavy (non-hydrogen) atoms. The number of rotatable bonds is 6. The first-order valence-electron chi connectivity index (χ1n) is 9.90. The van der Waals surface area contributed by atoms with E-state index in [-0.39, 0.29) is 23.9 Å². The van der Waals surface area contributed by atoms with Crippen LogP contribution >= 0.6 is 11.3 Å². The highest BCUT2D eigenvalue weighted by atomic mass is 32.1. The molecule has 2 heterocycles. The van der Waals surface area contributed by atoms with Crippen molar-refractivity contribution in [3.63, 3.8) is 0 Å². The topological polar surface area (TPSA) is 86.4 Å². The molecule has 9 heteroatoms. The van der Waals surface area contributed by atoms with E-state index < -0.39 is 0 Å². The molecule has 1 saturated heterocycles. The zero-order valence-electron chi connectivity index (χ0n) is 16.9. The van der Waals surface area contributed by atoms with Crippen LogP contribution in [0.15, 0.2) is 54.7 Å². The van der Waals surface area contributed by atoms with Crippen LogP contribution < -0.4 is 20.9 Å². The second-order valence-electron chi connectivity index (χ2n) is 7.23. The minimum atomic E-state index is -0.359. The maximum absolute atomic E-state index is 13.3. The molecule has 0 radical (unpaired) electrons. The molecular weight excluding hydrogens is 417 g/mol. The van der Waals surface area contributed by atoms with Gasteiger partial charge >= 0.3 is 12.1 Å². The summed E-state index contributed by atoms with van der Waals surface area (Å²) in [5.74, 6) is -0.273. The fraction of sp³-hybridized carbons (Fsp3) is 0.227. The second kappa shape index (κ2) is 9.13. The van der Waals surface area contributed by atoms with Crippen LogP contribution in [-0.2, 0) is 6.42 Å². The molecule has 3 aromatic rings. The van der Waals surface area contributed by atoms with Gasteiger partial charge in [0.15, 0.2) is 5.13 Å². The predicted octanol–water partition coefficient (Wildman–Crippen LogP) is 4.29. The molecule has 3 N–H and O–H groups in total. The summed E-state index contributed by atoms with van der Waals surface area (Å²) in [6.07, 6.45) is 2.23. The van der Waals surface area contributed by atoms with Gasteiger partial charge in [-0.1, -0.05) is 24.3 Å². The second-order valence-corrected chi connectivity index (χ2v) is 8.35. The Morgan fingerprint density at radius 2 is 2.10 bits per heavy atom. The van der Waals surface area contributed by atoms with Crippen molar-refractivity contribution in [2.45, 2.75) is 19.4 Å². The Bertz CT molecular complexity index is 1090. The van der Waals surface area contributed by atoms with E-state index >= 15 is 0 Å². The summed E-state index contributed by atoms with van der Waals surface area (Å²) >= 11 is 1.35. The average Bonchev–Trinajstić information content (AvgIpc) is 3.36. The van der Waals surface area contributed by atoms with E-state index in [1.54, 1.807) is 17.2 Å². The monoisotopic (exact) mass is 439 g/mol. The minimum Gasteiger partial charge on any atom is -0.336 e. The van der Waals surface area contributed by atoms with Crippen LogP contribution in [0.25, 0.3) is 0 Å². The van der Waals surface area contributed by atoms with Crippen LogP contribution in [0, 0.1) is 5.82 Å². The zero-order valence-corrected chi connectivity index (χ0v) is 17.7.